The number of aromatic nitrogens is 2. The lowest BCUT2D eigenvalue weighted by Crippen LogP contribution is -2.26. The Balaban J connectivity index is 1.65. The molecule has 1 saturated carbocycles. The van der Waals surface area contributed by atoms with Crippen LogP contribution in [0.5, 0.6) is 0 Å². The maximum atomic E-state index is 4.02. The third-order valence-corrected chi connectivity index (χ3v) is 3.74. The van der Waals surface area contributed by atoms with Crippen LogP contribution in [-0.2, 0) is 6.54 Å². The Kier molecular flexibility index (Phi) is 4.09. The van der Waals surface area contributed by atoms with E-state index in [2.05, 4.69) is 21.8 Å². The van der Waals surface area contributed by atoms with Crippen LogP contribution >= 0.6 is 11.5 Å². The van der Waals surface area contributed by atoms with E-state index < -0.39 is 0 Å². The number of hydrogen-bond acceptors (Lipinski definition) is 4. The smallest absolute Gasteiger partial charge is 0.0893 e. The molecule has 2 rings (SSSR count). The van der Waals surface area contributed by atoms with Crippen LogP contribution in [0.4, 0.5) is 0 Å². The highest BCUT2D eigenvalue weighted by molar-refractivity contribution is 7.03. The lowest BCUT2D eigenvalue weighted by atomic mass is 9.82. The average molecular weight is 225 g/mol. The summed E-state index contributed by atoms with van der Waals surface area (Å²) in [5.74, 6) is 1.80. The van der Waals surface area contributed by atoms with E-state index in [1.165, 1.54) is 37.2 Å². The first-order valence-electron chi connectivity index (χ1n) is 5.81. The van der Waals surface area contributed by atoms with Crippen LogP contribution in [0.2, 0.25) is 0 Å². The number of nitrogens with one attached hydrogen (secondary N) is 1. The monoisotopic (exact) mass is 225 g/mol. The zero-order valence-corrected chi connectivity index (χ0v) is 10.1. The van der Waals surface area contributed by atoms with Crippen LogP contribution in [0.15, 0.2) is 5.38 Å². The molecule has 0 spiro atoms. The van der Waals surface area contributed by atoms with Crippen LogP contribution in [0.3, 0.4) is 0 Å². The molecule has 1 aliphatic rings. The van der Waals surface area contributed by atoms with Crippen molar-refractivity contribution in [3.8, 4) is 0 Å². The molecule has 0 bridgehead atoms. The fourth-order valence-corrected chi connectivity index (χ4v) is 2.86. The summed E-state index contributed by atoms with van der Waals surface area (Å²) in [6.45, 7) is 4.39. The maximum absolute atomic E-state index is 4.02. The van der Waals surface area contributed by atoms with Crippen molar-refractivity contribution >= 4 is 11.5 Å². The molecule has 3 nitrogen and oxygen atoms in total. The first kappa shape index (κ1) is 11.0. The molecule has 1 aromatic rings. The molecule has 1 aliphatic carbocycles. The van der Waals surface area contributed by atoms with E-state index in [4.69, 9.17) is 0 Å². The Labute approximate surface area is 95.4 Å². The third kappa shape index (κ3) is 3.54. The fourth-order valence-electron chi connectivity index (χ4n) is 2.41. The topological polar surface area (TPSA) is 37.8 Å². The summed E-state index contributed by atoms with van der Waals surface area (Å²) in [6.07, 6.45) is 5.62. The second kappa shape index (κ2) is 5.56. The molecule has 1 heterocycles. The van der Waals surface area contributed by atoms with Gasteiger partial charge >= 0.3 is 0 Å². The predicted octanol–water partition coefficient (Wildman–Crippen LogP) is 2.45. The normalized spacial score (nSPS) is 26.7. The summed E-state index contributed by atoms with van der Waals surface area (Å²) in [5.41, 5.74) is 1.07. The number of nitrogens with zero attached hydrogens (tertiary/aromatic N) is 2. The Morgan fingerprint density at radius 2 is 2.47 bits per heavy atom. The van der Waals surface area contributed by atoms with Gasteiger partial charge in [0.25, 0.3) is 0 Å². The Hall–Kier alpha value is -0.480. The quantitative estimate of drug-likeness (QED) is 0.855. The molecule has 1 aromatic heterocycles. The summed E-state index contributed by atoms with van der Waals surface area (Å²) in [5, 5.41) is 9.51. The van der Waals surface area contributed by atoms with Crippen LogP contribution in [0.25, 0.3) is 0 Å². The molecule has 0 radical (unpaired) electrons. The molecule has 0 aromatic carbocycles. The van der Waals surface area contributed by atoms with E-state index in [0.717, 1.165) is 30.6 Å². The molecule has 2 atom stereocenters. The van der Waals surface area contributed by atoms with Crippen LogP contribution in [0, 0.1) is 11.8 Å². The van der Waals surface area contributed by atoms with Crippen molar-refractivity contribution in [2.24, 2.45) is 11.8 Å². The van der Waals surface area contributed by atoms with Gasteiger partial charge < -0.3 is 5.32 Å². The van der Waals surface area contributed by atoms with Gasteiger partial charge in [-0.1, -0.05) is 24.3 Å². The summed E-state index contributed by atoms with van der Waals surface area (Å²) >= 11 is 1.42. The zero-order chi connectivity index (χ0) is 10.5. The minimum Gasteiger partial charge on any atom is -0.311 e. The van der Waals surface area contributed by atoms with Crippen molar-refractivity contribution in [2.75, 3.05) is 6.54 Å². The van der Waals surface area contributed by atoms with Gasteiger partial charge in [0, 0.05) is 11.9 Å². The van der Waals surface area contributed by atoms with Crippen LogP contribution in [-0.4, -0.2) is 16.1 Å². The molecule has 1 fully saturated rings. The molecule has 1 N–H and O–H groups in total. The van der Waals surface area contributed by atoms with Gasteiger partial charge in [-0.05, 0) is 42.8 Å². The van der Waals surface area contributed by atoms with E-state index in [9.17, 15) is 0 Å². The van der Waals surface area contributed by atoms with Crippen molar-refractivity contribution in [1.29, 1.82) is 0 Å². The largest absolute Gasteiger partial charge is 0.311 e. The van der Waals surface area contributed by atoms with E-state index >= 15 is 0 Å². The molecule has 4 heteroatoms. The third-order valence-electron chi connectivity index (χ3n) is 3.19. The van der Waals surface area contributed by atoms with Crippen LogP contribution in [0.1, 0.15) is 38.3 Å². The molecule has 2 unspecified atom stereocenters. The highest BCUT2D eigenvalue weighted by Crippen LogP contribution is 2.27. The van der Waals surface area contributed by atoms with Crippen molar-refractivity contribution in [2.45, 2.75) is 39.2 Å². The molecule has 15 heavy (non-hydrogen) atoms. The highest BCUT2D eigenvalue weighted by Gasteiger charge is 2.18. The van der Waals surface area contributed by atoms with E-state index in [-0.39, 0.29) is 0 Å². The van der Waals surface area contributed by atoms with E-state index in [0.29, 0.717) is 0 Å². The van der Waals surface area contributed by atoms with Gasteiger partial charge in [-0.2, -0.15) is 0 Å². The van der Waals surface area contributed by atoms with Crippen molar-refractivity contribution in [1.82, 2.24) is 14.9 Å². The van der Waals surface area contributed by atoms with Gasteiger partial charge in [-0.15, -0.1) is 5.10 Å². The van der Waals surface area contributed by atoms with Gasteiger partial charge in [-0.25, -0.2) is 0 Å². The standard InChI is InChI=1S/C11H19N3S/c1-9-3-2-4-10(5-9)6-12-7-11-8-15-14-13-11/h8-10,12H,2-7H2,1H3. The van der Waals surface area contributed by atoms with Crippen molar-refractivity contribution in [3.63, 3.8) is 0 Å². The fraction of sp³-hybridized carbons (Fsp3) is 0.818. The number of rotatable bonds is 4. The molecule has 84 valence electrons. The zero-order valence-electron chi connectivity index (χ0n) is 9.28. The molecule has 0 saturated heterocycles. The van der Waals surface area contributed by atoms with Gasteiger partial charge in [-0.3, -0.25) is 0 Å². The Morgan fingerprint density at radius 1 is 1.53 bits per heavy atom. The van der Waals surface area contributed by atoms with Crippen LogP contribution < -0.4 is 5.32 Å². The lowest BCUT2D eigenvalue weighted by molar-refractivity contribution is 0.274. The summed E-state index contributed by atoms with van der Waals surface area (Å²) in [4.78, 5) is 0. The SMILES string of the molecule is CC1CCCC(CNCc2csnn2)C1. The van der Waals surface area contributed by atoms with E-state index in [1.54, 1.807) is 0 Å². The second-order valence-electron chi connectivity index (χ2n) is 4.66. The minimum absolute atomic E-state index is 0.875. The van der Waals surface area contributed by atoms with Gasteiger partial charge in [0.2, 0.25) is 0 Å². The predicted molar refractivity (Wildman–Crippen MR) is 62.7 cm³/mol. The van der Waals surface area contributed by atoms with E-state index in [1.807, 2.05) is 5.38 Å². The minimum atomic E-state index is 0.875. The molecule has 0 aliphatic heterocycles. The van der Waals surface area contributed by atoms with Gasteiger partial charge in [0.05, 0.1) is 5.69 Å². The summed E-state index contributed by atoms with van der Waals surface area (Å²) in [6, 6.07) is 0. The molecule has 0 amide bonds. The summed E-state index contributed by atoms with van der Waals surface area (Å²) < 4.78 is 3.85. The van der Waals surface area contributed by atoms with Gasteiger partial charge in [0.1, 0.15) is 0 Å². The second-order valence-corrected chi connectivity index (χ2v) is 5.27. The van der Waals surface area contributed by atoms with Crippen molar-refractivity contribution < 1.29 is 0 Å². The number of hydrogen-bond donors (Lipinski definition) is 1. The molecular weight excluding hydrogens is 206 g/mol. The average Bonchev–Trinajstić information content (AvgIpc) is 2.71. The first-order chi connectivity index (χ1) is 7.34. The lowest BCUT2D eigenvalue weighted by Gasteiger charge is -2.26. The highest BCUT2D eigenvalue weighted by atomic mass is 32.1. The first-order valence-corrected chi connectivity index (χ1v) is 6.65. The summed E-state index contributed by atoms with van der Waals surface area (Å²) in [7, 11) is 0. The maximum Gasteiger partial charge on any atom is 0.0893 e. The Morgan fingerprint density at radius 3 is 3.20 bits per heavy atom. The molecular formula is C11H19N3S. The Bertz CT molecular complexity index is 273. The van der Waals surface area contributed by atoms with Crippen molar-refractivity contribution in [3.05, 3.63) is 11.1 Å². The van der Waals surface area contributed by atoms with Gasteiger partial charge in [0.15, 0.2) is 0 Å².